The molecule has 4 rings (SSSR count). The predicted molar refractivity (Wildman–Crippen MR) is 132 cm³/mol. The molecule has 3 heterocycles. The maximum Gasteiger partial charge on any atom is 0.341 e. The topological polar surface area (TPSA) is 96.0 Å². The van der Waals surface area contributed by atoms with Crippen molar-refractivity contribution < 1.29 is 22.7 Å². The molecule has 184 valence electrons. The lowest BCUT2D eigenvalue weighted by Crippen LogP contribution is -2.43. The summed E-state index contributed by atoms with van der Waals surface area (Å²) in [4.78, 5) is 29.7. The molecule has 2 aromatic rings. The van der Waals surface area contributed by atoms with Crippen molar-refractivity contribution in [1.29, 1.82) is 0 Å². The Labute approximate surface area is 204 Å². The number of nitrogens with one attached hydrogen (secondary N) is 1. The third-order valence-electron chi connectivity index (χ3n) is 6.43. The third kappa shape index (κ3) is 4.77. The first-order valence-corrected chi connectivity index (χ1v) is 13.9. The monoisotopic (exact) mass is 505 g/mol. The maximum atomic E-state index is 13.4. The van der Waals surface area contributed by atoms with Gasteiger partial charge in [0.1, 0.15) is 11.0 Å². The molecule has 34 heavy (non-hydrogen) atoms. The summed E-state index contributed by atoms with van der Waals surface area (Å²) in [7, 11) is -3.81. The quantitative estimate of drug-likeness (QED) is 0.580. The molecule has 1 N–H and O–H groups in total. The van der Waals surface area contributed by atoms with Crippen molar-refractivity contribution >= 4 is 38.2 Å². The van der Waals surface area contributed by atoms with Gasteiger partial charge >= 0.3 is 5.97 Å². The number of thiophene rings is 1. The molecule has 0 radical (unpaired) electrons. The van der Waals surface area contributed by atoms with Crippen LogP contribution in [0.3, 0.4) is 0 Å². The SMILES string of the molecule is CCOC(=O)c1c(NC(=O)C2CCCN2S(=O)(=O)c2ccc(C)cc2)sc2c1CCN(CC)C2. The summed E-state index contributed by atoms with van der Waals surface area (Å²) in [5.74, 6) is -0.861. The maximum absolute atomic E-state index is 13.4. The van der Waals surface area contributed by atoms with Crippen LogP contribution in [0.5, 0.6) is 0 Å². The molecular weight excluding hydrogens is 474 g/mol. The van der Waals surface area contributed by atoms with Crippen LogP contribution < -0.4 is 5.32 Å². The third-order valence-corrected chi connectivity index (χ3v) is 9.49. The van der Waals surface area contributed by atoms with E-state index >= 15 is 0 Å². The molecule has 1 saturated heterocycles. The number of fused-ring (bicyclic) bond motifs is 1. The molecule has 1 fully saturated rings. The summed E-state index contributed by atoms with van der Waals surface area (Å²) in [5.41, 5.74) is 2.31. The van der Waals surface area contributed by atoms with Crippen LogP contribution in [-0.4, -0.2) is 61.8 Å². The number of anilines is 1. The molecule has 0 saturated carbocycles. The Morgan fingerprint density at radius 2 is 1.91 bits per heavy atom. The second kappa shape index (κ2) is 10.2. The summed E-state index contributed by atoms with van der Waals surface area (Å²) in [6.45, 7) is 8.72. The average Bonchev–Trinajstić information content (AvgIpc) is 3.44. The first-order chi connectivity index (χ1) is 16.3. The Bertz CT molecular complexity index is 1170. The number of carbonyl (C=O) groups excluding carboxylic acids is 2. The minimum absolute atomic E-state index is 0.177. The lowest BCUT2D eigenvalue weighted by molar-refractivity contribution is -0.119. The van der Waals surface area contributed by atoms with Crippen LogP contribution in [0, 0.1) is 6.92 Å². The lowest BCUT2D eigenvalue weighted by atomic mass is 10.0. The Morgan fingerprint density at radius 1 is 1.18 bits per heavy atom. The molecule has 2 aliphatic rings. The minimum atomic E-state index is -3.81. The van der Waals surface area contributed by atoms with Crippen molar-refractivity contribution in [1.82, 2.24) is 9.21 Å². The van der Waals surface area contributed by atoms with Crippen molar-refractivity contribution in [2.75, 3.05) is 31.6 Å². The number of ether oxygens (including phenoxy) is 1. The molecule has 1 amide bonds. The normalized spacial score (nSPS) is 19.1. The average molecular weight is 506 g/mol. The van der Waals surface area contributed by atoms with E-state index in [1.807, 2.05) is 6.92 Å². The van der Waals surface area contributed by atoms with Gasteiger partial charge in [0, 0.05) is 24.5 Å². The summed E-state index contributed by atoms with van der Waals surface area (Å²) in [5, 5.41) is 3.35. The Kier molecular flexibility index (Phi) is 7.42. The first kappa shape index (κ1) is 24.8. The summed E-state index contributed by atoms with van der Waals surface area (Å²) in [6, 6.07) is 5.82. The van der Waals surface area contributed by atoms with Gasteiger partial charge in [0.2, 0.25) is 15.9 Å². The van der Waals surface area contributed by atoms with E-state index in [4.69, 9.17) is 4.74 Å². The van der Waals surface area contributed by atoms with Crippen LogP contribution in [-0.2, 0) is 32.5 Å². The van der Waals surface area contributed by atoms with Crippen LogP contribution >= 0.6 is 11.3 Å². The minimum Gasteiger partial charge on any atom is -0.462 e. The zero-order valence-corrected chi connectivity index (χ0v) is 21.4. The molecular formula is C24H31N3O5S2. The zero-order chi connectivity index (χ0) is 24.5. The van der Waals surface area contributed by atoms with Gasteiger partial charge in [0.15, 0.2) is 0 Å². The highest BCUT2D eigenvalue weighted by atomic mass is 32.2. The summed E-state index contributed by atoms with van der Waals surface area (Å²) >= 11 is 1.39. The van der Waals surface area contributed by atoms with Crippen LogP contribution in [0.25, 0.3) is 0 Å². The molecule has 1 atom stereocenters. The molecule has 0 aliphatic carbocycles. The van der Waals surface area contributed by atoms with E-state index in [1.54, 1.807) is 31.2 Å². The Balaban J connectivity index is 1.61. The van der Waals surface area contributed by atoms with Gasteiger partial charge in [-0.3, -0.25) is 9.69 Å². The number of benzene rings is 1. The first-order valence-electron chi connectivity index (χ1n) is 11.7. The highest BCUT2D eigenvalue weighted by Gasteiger charge is 2.40. The molecule has 2 aliphatic heterocycles. The number of aryl methyl sites for hydroxylation is 1. The van der Waals surface area contributed by atoms with Crippen molar-refractivity contribution in [2.45, 2.75) is 57.5 Å². The lowest BCUT2D eigenvalue weighted by Gasteiger charge is -2.25. The number of likely N-dealkylation sites (N-methyl/N-ethyl adjacent to an activating group) is 1. The number of carbonyl (C=O) groups is 2. The van der Waals surface area contributed by atoms with E-state index in [1.165, 1.54) is 15.6 Å². The molecule has 0 bridgehead atoms. The summed E-state index contributed by atoms with van der Waals surface area (Å²) in [6.07, 6.45) is 1.74. The van der Waals surface area contributed by atoms with E-state index in [-0.39, 0.29) is 18.0 Å². The van der Waals surface area contributed by atoms with Crippen LogP contribution in [0.15, 0.2) is 29.2 Å². The van der Waals surface area contributed by atoms with Gasteiger partial charge in [-0.15, -0.1) is 11.3 Å². The molecule has 8 nitrogen and oxygen atoms in total. The van der Waals surface area contributed by atoms with E-state index in [0.29, 0.717) is 29.8 Å². The largest absolute Gasteiger partial charge is 0.462 e. The number of hydrogen-bond donors (Lipinski definition) is 1. The van der Waals surface area contributed by atoms with Crippen molar-refractivity contribution in [3.8, 4) is 0 Å². The fourth-order valence-corrected chi connectivity index (χ4v) is 7.50. The second-order valence-corrected chi connectivity index (χ2v) is 11.6. The highest BCUT2D eigenvalue weighted by Crippen LogP contribution is 2.38. The van der Waals surface area contributed by atoms with Crippen LogP contribution in [0.2, 0.25) is 0 Å². The van der Waals surface area contributed by atoms with Gasteiger partial charge in [0.05, 0.1) is 17.1 Å². The number of rotatable bonds is 7. The second-order valence-electron chi connectivity index (χ2n) is 8.62. The van der Waals surface area contributed by atoms with E-state index in [2.05, 4.69) is 17.1 Å². The molecule has 10 heteroatoms. The Morgan fingerprint density at radius 3 is 2.59 bits per heavy atom. The Hall–Kier alpha value is -2.27. The smallest absolute Gasteiger partial charge is 0.341 e. The van der Waals surface area contributed by atoms with Crippen molar-refractivity contribution in [3.63, 3.8) is 0 Å². The van der Waals surface area contributed by atoms with Crippen LogP contribution in [0.4, 0.5) is 5.00 Å². The number of sulfonamides is 1. The predicted octanol–water partition coefficient (Wildman–Crippen LogP) is 3.40. The fourth-order valence-electron chi connectivity index (χ4n) is 4.56. The number of hydrogen-bond acceptors (Lipinski definition) is 7. The molecule has 1 unspecified atom stereocenters. The standard InChI is InChI=1S/C24H31N3O5S2/c1-4-26-14-12-18-20(15-26)33-23(21(18)24(29)32-5-2)25-22(28)19-7-6-13-27(19)34(30,31)17-10-8-16(3)9-11-17/h8-11,19H,4-7,12-15H2,1-3H3,(H,25,28). The van der Waals surface area contributed by atoms with Gasteiger partial charge in [-0.2, -0.15) is 4.31 Å². The van der Waals surface area contributed by atoms with E-state index in [9.17, 15) is 18.0 Å². The van der Waals surface area contributed by atoms with Gasteiger partial charge < -0.3 is 10.1 Å². The number of esters is 1. The molecule has 0 spiro atoms. The van der Waals surface area contributed by atoms with Gasteiger partial charge in [0.25, 0.3) is 0 Å². The zero-order valence-electron chi connectivity index (χ0n) is 19.8. The van der Waals surface area contributed by atoms with Gasteiger partial charge in [-0.25, -0.2) is 13.2 Å². The van der Waals surface area contributed by atoms with Gasteiger partial charge in [-0.1, -0.05) is 24.6 Å². The summed E-state index contributed by atoms with van der Waals surface area (Å²) < 4.78 is 33.1. The molecule has 1 aromatic heterocycles. The molecule has 1 aromatic carbocycles. The fraction of sp³-hybridized carbons (Fsp3) is 0.500. The van der Waals surface area contributed by atoms with E-state index in [0.717, 1.165) is 35.6 Å². The van der Waals surface area contributed by atoms with E-state index < -0.39 is 27.9 Å². The number of amides is 1. The van der Waals surface area contributed by atoms with Gasteiger partial charge in [-0.05, 0) is 57.4 Å². The van der Waals surface area contributed by atoms with Crippen LogP contribution in [0.1, 0.15) is 53.1 Å². The highest BCUT2D eigenvalue weighted by molar-refractivity contribution is 7.89. The number of nitrogens with zero attached hydrogens (tertiary/aromatic N) is 2. The van der Waals surface area contributed by atoms with Crippen molar-refractivity contribution in [3.05, 3.63) is 45.8 Å². The van der Waals surface area contributed by atoms with Crippen molar-refractivity contribution in [2.24, 2.45) is 0 Å².